The predicted octanol–water partition coefficient (Wildman–Crippen LogP) is 3.07. The molecular weight excluding hydrogens is 288 g/mol. The summed E-state index contributed by atoms with van der Waals surface area (Å²) in [6.07, 6.45) is 4.99. The molecule has 0 amide bonds. The second-order valence-electron chi connectivity index (χ2n) is 4.70. The molecule has 0 aliphatic heterocycles. The van der Waals surface area contributed by atoms with E-state index in [0.717, 1.165) is 16.8 Å². The van der Waals surface area contributed by atoms with Crippen LogP contribution in [-0.4, -0.2) is 24.5 Å². The zero-order valence-corrected chi connectivity index (χ0v) is 12.3. The average molecular weight is 301 g/mol. The highest BCUT2D eigenvalue weighted by molar-refractivity contribution is 6.28. The fraction of sp³-hybridized carbons (Fsp3) is 0.143. The van der Waals surface area contributed by atoms with E-state index in [1.165, 1.54) is 0 Å². The van der Waals surface area contributed by atoms with Crippen molar-refractivity contribution in [3.05, 3.63) is 53.3 Å². The molecule has 2 heterocycles. The standard InChI is InChI=1S/C14H13ClN6/c1-9-5-10(2)7-11(6-9)17-13-18-12(15)19-14(20-13)21-4-3-16-8-21/h3-8H,1-2H3,(H,17,18,19,20). The molecule has 0 unspecified atom stereocenters. The first-order valence-corrected chi connectivity index (χ1v) is 6.73. The summed E-state index contributed by atoms with van der Waals surface area (Å²) in [5.74, 6) is 0.808. The predicted molar refractivity (Wildman–Crippen MR) is 81.2 cm³/mol. The number of nitrogens with zero attached hydrogens (tertiary/aromatic N) is 5. The van der Waals surface area contributed by atoms with Gasteiger partial charge in [0.25, 0.3) is 0 Å². The van der Waals surface area contributed by atoms with Crippen LogP contribution in [0.4, 0.5) is 11.6 Å². The second-order valence-corrected chi connectivity index (χ2v) is 5.04. The van der Waals surface area contributed by atoms with Gasteiger partial charge >= 0.3 is 0 Å². The summed E-state index contributed by atoms with van der Waals surface area (Å²) in [5.41, 5.74) is 3.23. The minimum Gasteiger partial charge on any atom is -0.324 e. The monoisotopic (exact) mass is 300 g/mol. The quantitative estimate of drug-likeness (QED) is 0.805. The number of hydrogen-bond acceptors (Lipinski definition) is 5. The lowest BCUT2D eigenvalue weighted by molar-refractivity contribution is 0.899. The van der Waals surface area contributed by atoms with E-state index in [1.54, 1.807) is 23.3 Å². The SMILES string of the molecule is Cc1cc(C)cc(Nc2nc(Cl)nc(-n3ccnc3)n2)c1. The van der Waals surface area contributed by atoms with Crippen molar-refractivity contribution in [2.75, 3.05) is 5.32 Å². The van der Waals surface area contributed by atoms with Gasteiger partial charge < -0.3 is 5.32 Å². The average Bonchev–Trinajstić information content (AvgIpc) is 2.90. The molecule has 0 aliphatic rings. The molecular formula is C14H13ClN6. The summed E-state index contributed by atoms with van der Waals surface area (Å²) in [7, 11) is 0. The highest BCUT2D eigenvalue weighted by Gasteiger charge is 2.07. The molecule has 3 rings (SSSR count). The smallest absolute Gasteiger partial charge is 0.241 e. The number of nitrogens with one attached hydrogen (secondary N) is 1. The molecule has 0 spiro atoms. The van der Waals surface area contributed by atoms with Crippen molar-refractivity contribution in [1.29, 1.82) is 0 Å². The van der Waals surface area contributed by atoms with Crippen molar-refractivity contribution in [2.24, 2.45) is 0 Å². The Balaban J connectivity index is 1.95. The number of aromatic nitrogens is 5. The van der Waals surface area contributed by atoms with Crippen LogP contribution in [0.2, 0.25) is 5.28 Å². The molecule has 0 radical (unpaired) electrons. The van der Waals surface area contributed by atoms with Crippen LogP contribution < -0.4 is 5.32 Å². The molecule has 106 valence electrons. The maximum absolute atomic E-state index is 5.96. The number of imidazole rings is 1. The number of rotatable bonds is 3. The Bertz CT molecular complexity index is 749. The van der Waals surface area contributed by atoms with E-state index in [1.807, 2.05) is 26.0 Å². The third-order valence-electron chi connectivity index (χ3n) is 2.81. The van der Waals surface area contributed by atoms with Crippen molar-refractivity contribution in [1.82, 2.24) is 24.5 Å². The van der Waals surface area contributed by atoms with Crippen LogP contribution in [0.3, 0.4) is 0 Å². The van der Waals surface area contributed by atoms with Crippen LogP contribution in [0.25, 0.3) is 5.95 Å². The lowest BCUT2D eigenvalue weighted by atomic mass is 10.1. The summed E-state index contributed by atoms with van der Waals surface area (Å²) in [5, 5.41) is 3.27. The fourth-order valence-corrected chi connectivity index (χ4v) is 2.22. The van der Waals surface area contributed by atoms with E-state index in [-0.39, 0.29) is 5.28 Å². The number of aryl methyl sites for hydroxylation is 2. The zero-order valence-electron chi connectivity index (χ0n) is 11.6. The van der Waals surface area contributed by atoms with Crippen LogP contribution >= 0.6 is 11.6 Å². The van der Waals surface area contributed by atoms with Crippen molar-refractivity contribution < 1.29 is 0 Å². The highest BCUT2D eigenvalue weighted by Crippen LogP contribution is 2.18. The summed E-state index contributed by atoms with van der Waals surface area (Å²) in [6, 6.07) is 6.13. The van der Waals surface area contributed by atoms with Crippen LogP contribution in [-0.2, 0) is 0 Å². The van der Waals surface area contributed by atoms with E-state index in [2.05, 4.69) is 31.3 Å². The first-order chi connectivity index (χ1) is 10.1. The number of anilines is 2. The molecule has 0 atom stereocenters. The Labute approximate surface area is 126 Å². The van der Waals surface area contributed by atoms with Gasteiger partial charge in [-0.15, -0.1) is 0 Å². The third-order valence-corrected chi connectivity index (χ3v) is 2.98. The molecule has 0 bridgehead atoms. The topological polar surface area (TPSA) is 68.5 Å². The normalized spacial score (nSPS) is 10.6. The Morgan fingerprint density at radius 1 is 1.05 bits per heavy atom. The van der Waals surface area contributed by atoms with Gasteiger partial charge in [0.2, 0.25) is 17.2 Å². The first kappa shape index (κ1) is 13.5. The first-order valence-electron chi connectivity index (χ1n) is 6.35. The highest BCUT2D eigenvalue weighted by atomic mass is 35.5. The maximum atomic E-state index is 5.96. The second kappa shape index (κ2) is 5.49. The van der Waals surface area contributed by atoms with Crippen LogP contribution in [0, 0.1) is 13.8 Å². The molecule has 0 saturated carbocycles. The molecule has 3 aromatic rings. The third kappa shape index (κ3) is 3.17. The van der Waals surface area contributed by atoms with Gasteiger partial charge in [0.05, 0.1) is 0 Å². The Morgan fingerprint density at radius 3 is 2.48 bits per heavy atom. The Morgan fingerprint density at radius 2 is 1.81 bits per heavy atom. The summed E-state index contributed by atoms with van der Waals surface area (Å²) in [6.45, 7) is 4.07. The Kier molecular flexibility index (Phi) is 3.53. The molecule has 7 heteroatoms. The minimum atomic E-state index is 0.126. The van der Waals surface area contributed by atoms with Gasteiger partial charge in [-0.2, -0.15) is 15.0 Å². The van der Waals surface area contributed by atoms with Crippen molar-refractivity contribution in [2.45, 2.75) is 13.8 Å². The van der Waals surface area contributed by atoms with E-state index < -0.39 is 0 Å². The van der Waals surface area contributed by atoms with Gasteiger partial charge in [0, 0.05) is 18.1 Å². The molecule has 21 heavy (non-hydrogen) atoms. The number of halogens is 1. The van der Waals surface area contributed by atoms with Crippen LogP contribution in [0.15, 0.2) is 36.9 Å². The lowest BCUT2D eigenvalue weighted by Crippen LogP contribution is -2.05. The Hall–Kier alpha value is -2.47. The van der Waals surface area contributed by atoms with Gasteiger partial charge in [-0.3, -0.25) is 4.57 Å². The largest absolute Gasteiger partial charge is 0.324 e. The molecule has 1 N–H and O–H groups in total. The van der Waals surface area contributed by atoms with Crippen LogP contribution in [0.1, 0.15) is 11.1 Å². The summed E-state index contributed by atoms with van der Waals surface area (Å²) < 4.78 is 1.67. The number of benzene rings is 1. The van der Waals surface area contributed by atoms with Crippen molar-refractivity contribution in [3.63, 3.8) is 0 Å². The van der Waals surface area contributed by atoms with Crippen molar-refractivity contribution in [3.8, 4) is 5.95 Å². The van der Waals surface area contributed by atoms with E-state index in [4.69, 9.17) is 11.6 Å². The van der Waals surface area contributed by atoms with E-state index in [9.17, 15) is 0 Å². The van der Waals surface area contributed by atoms with Crippen molar-refractivity contribution >= 4 is 23.2 Å². The fourth-order valence-electron chi connectivity index (χ4n) is 2.06. The van der Waals surface area contributed by atoms with Gasteiger partial charge in [0.15, 0.2) is 0 Å². The van der Waals surface area contributed by atoms with E-state index in [0.29, 0.717) is 11.9 Å². The molecule has 0 fully saturated rings. The molecule has 0 saturated heterocycles. The maximum Gasteiger partial charge on any atom is 0.241 e. The molecule has 2 aromatic heterocycles. The van der Waals surface area contributed by atoms with Crippen LogP contribution in [0.5, 0.6) is 0 Å². The van der Waals surface area contributed by atoms with Gasteiger partial charge in [0.1, 0.15) is 6.33 Å². The molecule has 1 aromatic carbocycles. The summed E-state index contributed by atoms with van der Waals surface area (Å²) >= 11 is 5.96. The number of hydrogen-bond donors (Lipinski definition) is 1. The van der Waals surface area contributed by atoms with Gasteiger partial charge in [-0.1, -0.05) is 6.07 Å². The van der Waals surface area contributed by atoms with E-state index >= 15 is 0 Å². The molecule has 6 nitrogen and oxygen atoms in total. The minimum absolute atomic E-state index is 0.126. The van der Waals surface area contributed by atoms with Gasteiger partial charge in [-0.05, 0) is 48.7 Å². The van der Waals surface area contributed by atoms with Gasteiger partial charge in [-0.25, -0.2) is 4.98 Å². The summed E-state index contributed by atoms with van der Waals surface area (Å²) in [4.78, 5) is 16.5. The molecule has 0 aliphatic carbocycles. The lowest BCUT2D eigenvalue weighted by Gasteiger charge is -2.08. The zero-order chi connectivity index (χ0) is 14.8.